The molecule has 124 valence electrons. The molecular weight excluding hydrogens is 369 g/mol. The first-order chi connectivity index (χ1) is 11.5. The van der Waals surface area contributed by atoms with E-state index >= 15 is 0 Å². The van der Waals surface area contributed by atoms with Crippen LogP contribution in [0.5, 0.6) is 0 Å². The highest BCUT2D eigenvalue weighted by Gasteiger charge is 2.40. The molecule has 1 aromatic carbocycles. The SMILES string of the molecule is C[C@H]1S[C@@H](c2ccc(Cl)cc2Cl)N(NC(=O)c2ccncc2)C1=O. The molecule has 0 aliphatic carbocycles. The molecule has 0 unspecified atom stereocenters. The predicted molar refractivity (Wildman–Crippen MR) is 94.8 cm³/mol. The van der Waals surface area contributed by atoms with Crippen LogP contribution in [0, 0.1) is 0 Å². The summed E-state index contributed by atoms with van der Waals surface area (Å²) in [5, 5.41) is 1.58. The molecule has 2 amide bonds. The number of carbonyl (C=O) groups is 2. The van der Waals surface area contributed by atoms with Crippen LogP contribution in [0.2, 0.25) is 10.0 Å². The summed E-state index contributed by atoms with van der Waals surface area (Å²) in [4.78, 5) is 28.7. The molecule has 0 spiro atoms. The average Bonchev–Trinajstić information content (AvgIpc) is 2.84. The number of benzene rings is 1. The van der Waals surface area contributed by atoms with Gasteiger partial charge in [0.2, 0.25) is 0 Å². The number of aromatic nitrogens is 1. The van der Waals surface area contributed by atoms with Crippen molar-refractivity contribution in [3.05, 3.63) is 63.9 Å². The van der Waals surface area contributed by atoms with E-state index in [1.165, 1.54) is 29.2 Å². The van der Waals surface area contributed by atoms with Gasteiger partial charge < -0.3 is 0 Å². The first-order valence-corrected chi connectivity index (χ1v) is 8.81. The lowest BCUT2D eigenvalue weighted by Gasteiger charge is -2.25. The number of hydrazine groups is 1. The zero-order chi connectivity index (χ0) is 17.3. The standard InChI is InChI=1S/C16H13Cl2N3O2S/c1-9-15(23)21(20-14(22)10-4-6-19-7-5-10)16(24-9)12-3-2-11(17)8-13(12)18/h2-9,16H,1H3,(H,20,22)/t9-,16+/m1/s1. The molecule has 1 saturated heterocycles. The lowest BCUT2D eigenvalue weighted by atomic mass is 10.2. The topological polar surface area (TPSA) is 62.3 Å². The number of hydrogen-bond donors (Lipinski definition) is 1. The van der Waals surface area contributed by atoms with Gasteiger partial charge in [-0.1, -0.05) is 29.3 Å². The fourth-order valence-corrected chi connectivity index (χ4v) is 4.15. The zero-order valence-electron chi connectivity index (χ0n) is 12.6. The van der Waals surface area contributed by atoms with Crippen LogP contribution in [0.1, 0.15) is 28.2 Å². The highest BCUT2D eigenvalue weighted by molar-refractivity contribution is 8.01. The van der Waals surface area contributed by atoms with Crippen LogP contribution in [0.25, 0.3) is 0 Å². The number of thioether (sulfide) groups is 1. The molecule has 0 bridgehead atoms. The maximum atomic E-state index is 12.4. The van der Waals surface area contributed by atoms with E-state index in [2.05, 4.69) is 10.4 Å². The van der Waals surface area contributed by atoms with Gasteiger partial charge in [0.25, 0.3) is 11.8 Å². The van der Waals surface area contributed by atoms with E-state index in [0.29, 0.717) is 15.6 Å². The van der Waals surface area contributed by atoms with E-state index in [1.807, 2.05) is 0 Å². The van der Waals surface area contributed by atoms with Gasteiger partial charge in [0, 0.05) is 33.6 Å². The van der Waals surface area contributed by atoms with Gasteiger partial charge in [-0.25, -0.2) is 5.01 Å². The number of nitrogens with one attached hydrogen (secondary N) is 1. The predicted octanol–water partition coefficient (Wildman–Crippen LogP) is 3.70. The lowest BCUT2D eigenvalue weighted by molar-refractivity contribution is -0.132. The van der Waals surface area contributed by atoms with Gasteiger partial charge in [-0.15, -0.1) is 11.8 Å². The minimum absolute atomic E-state index is 0.182. The van der Waals surface area contributed by atoms with E-state index in [0.717, 1.165) is 5.56 Å². The van der Waals surface area contributed by atoms with Gasteiger partial charge in [-0.2, -0.15) is 0 Å². The van der Waals surface area contributed by atoms with Crippen LogP contribution >= 0.6 is 35.0 Å². The molecular formula is C16H13Cl2N3O2S. The first kappa shape index (κ1) is 17.1. The molecule has 2 aromatic rings. The normalized spacial score (nSPS) is 20.3. The molecule has 8 heteroatoms. The summed E-state index contributed by atoms with van der Waals surface area (Å²) in [6, 6.07) is 8.25. The number of rotatable bonds is 3. The second kappa shape index (κ2) is 7.01. The molecule has 24 heavy (non-hydrogen) atoms. The van der Waals surface area contributed by atoms with E-state index in [4.69, 9.17) is 23.2 Å². The molecule has 0 saturated carbocycles. The first-order valence-electron chi connectivity index (χ1n) is 7.12. The summed E-state index contributed by atoms with van der Waals surface area (Å²) in [6.45, 7) is 1.79. The van der Waals surface area contributed by atoms with Crippen LogP contribution in [0.15, 0.2) is 42.7 Å². The van der Waals surface area contributed by atoms with Crippen molar-refractivity contribution in [2.24, 2.45) is 0 Å². The molecule has 1 aromatic heterocycles. The number of amides is 2. The van der Waals surface area contributed by atoms with Gasteiger partial charge in [0.1, 0.15) is 5.37 Å². The van der Waals surface area contributed by atoms with Crippen molar-refractivity contribution in [1.29, 1.82) is 0 Å². The van der Waals surface area contributed by atoms with Crippen molar-refractivity contribution in [3.8, 4) is 0 Å². The molecule has 2 heterocycles. The fourth-order valence-electron chi connectivity index (χ4n) is 2.33. The van der Waals surface area contributed by atoms with Crippen LogP contribution < -0.4 is 5.43 Å². The van der Waals surface area contributed by atoms with Crippen molar-refractivity contribution < 1.29 is 9.59 Å². The summed E-state index contributed by atoms with van der Waals surface area (Å²) >= 11 is 13.6. The van der Waals surface area contributed by atoms with Gasteiger partial charge >= 0.3 is 0 Å². The summed E-state index contributed by atoms with van der Waals surface area (Å²) < 4.78 is 0. The van der Waals surface area contributed by atoms with Gasteiger partial charge in [-0.3, -0.25) is 20.0 Å². The van der Waals surface area contributed by atoms with Crippen molar-refractivity contribution in [1.82, 2.24) is 15.4 Å². The largest absolute Gasteiger partial charge is 0.272 e. The Morgan fingerprint density at radius 1 is 1.25 bits per heavy atom. The third kappa shape index (κ3) is 3.36. The highest BCUT2D eigenvalue weighted by atomic mass is 35.5. The minimum atomic E-state index is -0.414. The summed E-state index contributed by atoms with van der Waals surface area (Å²) in [5.41, 5.74) is 3.81. The summed E-state index contributed by atoms with van der Waals surface area (Å²) in [6.07, 6.45) is 3.04. The number of carbonyl (C=O) groups excluding carboxylic acids is 2. The van der Waals surface area contributed by atoms with Crippen molar-refractivity contribution in [3.63, 3.8) is 0 Å². The Bertz CT molecular complexity index is 788. The fraction of sp³-hybridized carbons (Fsp3) is 0.188. The molecule has 2 atom stereocenters. The minimum Gasteiger partial charge on any atom is -0.272 e. The Hall–Kier alpha value is -1.76. The maximum Gasteiger partial charge on any atom is 0.270 e. The van der Waals surface area contributed by atoms with Crippen LogP contribution in [0.3, 0.4) is 0 Å². The van der Waals surface area contributed by atoms with Crippen LogP contribution in [-0.2, 0) is 4.79 Å². The molecule has 0 radical (unpaired) electrons. The Kier molecular flexibility index (Phi) is 4.99. The number of hydrogen-bond acceptors (Lipinski definition) is 4. The Labute approximate surface area is 153 Å². The smallest absolute Gasteiger partial charge is 0.270 e. The molecule has 1 N–H and O–H groups in total. The zero-order valence-corrected chi connectivity index (χ0v) is 14.9. The molecule has 1 fully saturated rings. The van der Waals surface area contributed by atoms with Gasteiger partial charge in [0.15, 0.2) is 0 Å². The van der Waals surface area contributed by atoms with Gasteiger partial charge in [0.05, 0.1) is 5.25 Å². The third-order valence-electron chi connectivity index (χ3n) is 3.55. The van der Waals surface area contributed by atoms with Crippen LogP contribution in [0.4, 0.5) is 0 Å². The number of nitrogens with zero attached hydrogens (tertiary/aromatic N) is 2. The Balaban J connectivity index is 1.88. The summed E-state index contributed by atoms with van der Waals surface area (Å²) in [5.74, 6) is -0.561. The van der Waals surface area contributed by atoms with Crippen molar-refractivity contribution >= 4 is 46.8 Å². The molecule has 1 aliphatic heterocycles. The second-order valence-corrected chi connectivity index (χ2v) is 7.45. The molecule has 3 rings (SSSR count). The Morgan fingerprint density at radius 3 is 2.62 bits per heavy atom. The second-order valence-electron chi connectivity index (χ2n) is 5.18. The van der Waals surface area contributed by atoms with Crippen molar-refractivity contribution in [2.75, 3.05) is 0 Å². The third-order valence-corrected chi connectivity index (χ3v) is 5.44. The quantitative estimate of drug-likeness (QED) is 0.880. The van der Waals surface area contributed by atoms with Gasteiger partial charge in [-0.05, 0) is 31.2 Å². The highest BCUT2D eigenvalue weighted by Crippen LogP contribution is 2.44. The molecule has 1 aliphatic rings. The van der Waals surface area contributed by atoms with E-state index in [-0.39, 0.29) is 17.1 Å². The molecule has 5 nitrogen and oxygen atoms in total. The maximum absolute atomic E-state index is 12.4. The van der Waals surface area contributed by atoms with Crippen LogP contribution in [-0.4, -0.2) is 27.1 Å². The lowest BCUT2D eigenvalue weighted by Crippen LogP contribution is -2.45. The summed E-state index contributed by atoms with van der Waals surface area (Å²) in [7, 11) is 0. The average molecular weight is 382 g/mol. The van der Waals surface area contributed by atoms with E-state index in [9.17, 15) is 9.59 Å². The number of pyridine rings is 1. The monoisotopic (exact) mass is 381 g/mol. The van der Waals surface area contributed by atoms with E-state index in [1.54, 1.807) is 37.3 Å². The number of halogens is 2. The van der Waals surface area contributed by atoms with E-state index < -0.39 is 5.37 Å². The van der Waals surface area contributed by atoms with Crippen molar-refractivity contribution in [2.45, 2.75) is 17.5 Å². The Morgan fingerprint density at radius 2 is 1.96 bits per heavy atom.